The molecule has 0 unspecified atom stereocenters. The van der Waals surface area contributed by atoms with Gasteiger partial charge in [-0.25, -0.2) is 0 Å². The van der Waals surface area contributed by atoms with Crippen molar-refractivity contribution < 1.29 is 0 Å². The number of nitrogens with one attached hydrogen (secondary N) is 1. The topological polar surface area (TPSA) is 38.0 Å². The van der Waals surface area contributed by atoms with Gasteiger partial charge in [0.05, 0.1) is 0 Å². The maximum absolute atomic E-state index is 5.73. The zero-order valence-electron chi connectivity index (χ0n) is 12.2. The van der Waals surface area contributed by atoms with Crippen molar-refractivity contribution in [2.24, 2.45) is 29.6 Å². The first kappa shape index (κ1) is 12.7. The quantitative estimate of drug-likeness (QED) is 0.823. The summed E-state index contributed by atoms with van der Waals surface area (Å²) in [7, 11) is 0. The van der Waals surface area contributed by atoms with E-state index in [0.717, 1.165) is 41.8 Å². The molecule has 2 heteroatoms. The van der Waals surface area contributed by atoms with Crippen LogP contribution in [0.25, 0.3) is 0 Å². The van der Waals surface area contributed by atoms with Gasteiger partial charge in [-0.3, -0.25) is 0 Å². The molecule has 0 amide bonds. The normalized spacial score (nSPS) is 38.3. The molecule has 2 nitrogen and oxygen atoms in total. The van der Waals surface area contributed by atoms with Crippen molar-refractivity contribution in [3.8, 4) is 0 Å². The summed E-state index contributed by atoms with van der Waals surface area (Å²) in [6.07, 6.45) is 7.67. The Morgan fingerprint density at radius 2 is 1.50 bits per heavy atom. The van der Waals surface area contributed by atoms with Crippen LogP contribution < -0.4 is 11.1 Å². The third kappa shape index (κ3) is 2.35. The van der Waals surface area contributed by atoms with Gasteiger partial charge in [0, 0.05) is 12.2 Å². The first-order valence-electron chi connectivity index (χ1n) is 8.33. The predicted octanol–water partition coefficient (Wildman–Crippen LogP) is 3.43. The van der Waals surface area contributed by atoms with E-state index < -0.39 is 0 Å². The average molecular weight is 270 g/mol. The molecule has 1 aromatic rings. The summed E-state index contributed by atoms with van der Waals surface area (Å²) in [6.45, 7) is 2.21. The number of rotatable bonds is 4. The van der Waals surface area contributed by atoms with E-state index >= 15 is 0 Å². The second-order valence-electron chi connectivity index (χ2n) is 7.47. The van der Waals surface area contributed by atoms with Gasteiger partial charge >= 0.3 is 0 Å². The van der Waals surface area contributed by atoms with E-state index in [4.69, 9.17) is 5.73 Å². The highest BCUT2D eigenvalue weighted by molar-refractivity contribution is 5.39. The van der Waals surface area contributed by atoms with Gasteiger partial charge in [-0.1, -0.05) is 12.1 Å². The van der Waals surface area contributed by atoms with Crippen LogP contribution in [0.2, 0.25) is 0 Å². The second kappa shape index (κ2) is 5.07. The van der Waals surface area contributed by atoms with Crippen LogP contribution >= 0.6 is 0 Å². The molecule has 4 aliphatic rings. The third-order valence-electron chi connectivity index (χ3n) is 6.11. The molecule has 0 atom stereocenters. The van der Waals surface area contributed by atoms with Crippen molar-refractivity contribution in [1.82, 2.24) is 5.32 Å². The highest BCUT2D eigenvalue weighted by Gasteiger charge is 2.47. The van der Waals surface area contributed by atoms with Crippen LogP contribution in [0.1, 0.15) is 37.7 Å². The van der Waals surface area contributed by atoms with Crippen molar-refractivity contribution in [3.05, 3.63) is 29.8 Å². The van der Waals surface area contributed by atoms with Gasteiger partial charge in [-0.2, -0.15) is 0 Å². The lowest BCUT2D eigenvalue weighted by Gasteiger charge is -2.54. The molecule has 4 saturated carbocycles. The average Bonchev–Trinajstić information content (AvgIpc) is 2.43. The Kier molecular flexibility index (Phi) is 3.22. The smallest absolute Gasteiger partial charge is 0.0314 e. The molecule has 1 aromatic carbocycles. The number of nitrogen functional groups attached to an aromatic ring is 1. The Hall–Kier alpha value is -1.02. The molecule has 20 heavy (non-hydrogen) atoms. The number of hydrogen-bond donors (Lipinski definition) is 2. The zero-order chi connectivity index (χ0) is 13.5. The van der Waals surface area contributed by atoms with Crippen molar-refractivity contribution >= 4 is 5.69 Å². The van der Waals surface area contributed by atoms with E-state index in [9.17, 15) is 0 Å². The highest BCUT2D eigenvalue weighted by Crippen LogP contribution is 2.56. The van der Waals surface area contributed by atoms with Crippen molar-refractivity contribution in [2.45, 2.75) is 38.6 Å². The number of hydrogen-bond acceptors (Lipinski definition) is 2. The largest absolute Gasteiger partial charge is 0.399 e. The Morgan fingerprint density at radius 1 is 0.900 bits per heavy atom. The first-order chi connectivity index (χ1) is 9.78. The van der Waals surface area contributed by atoms with E-state index in [1.54, 1.807) is 6.42 Å². The summed E-state index contributed by atoms with van der Waals surface area (Å²) in [5, 5.41) is 3.71. The summed E-state index contributed by atoms with van der Waals surface area (Å²) in [5.41, 5.74) is 7.94. The lowest BCUT2D eigenvalue weighted by Crippen LogP contribution is -2.48. The molecule has 0 spiro atoms. The van der Waals surface area contributed by atoms with Crippen LogP contribution in [-0.4, -0.2) is 6.54 Å². The zero-order valence-corrected chi connectivity index (χ0v) is 12.2. The summed E-state index contributed by atoms with van der Waals surface area (Å²) in [6, 6.07) is 8.28. The number of nitrogens with two attached hydrogens (primary N) is 1. The Morgan fingerprint density at radius 3 is 2.10 bits per heavy atom. The molecule has 4 bridgehead atoms. The predicted molar refractivity (Wildman–Crippen MR) is 83.1 cm³/mol. The Balaban J connectivity index is 1.32. The van der Waals surface area contributed by atoms with Crippen molar-refractivity contribution in [3.63, 3.8) is 0 Å². The monoisotopic (exact) mass is 270 g/mol. The summed E-state index contributed by atoms with van der Waals surface area (Å²) in [4.78, 5) is 0. The van der Waals surface area contributed by atoms with Gasteiger partial charge in [0.2, 0.25) is 0 Å². The maximum Gasteiger partial charge on any atom is 0.0314 e. The minimum Gasteiger partial charge on any atom is -0.399 e. The van der Waals surface area contributed by atoms with Crippen LogP contribution in [0.4, 0.5) is 5.69 Å². The van der Waals surface area contributed by atoms with Gasteiger partial charge in [0.15, 0.2) is 0 Å². The van der Waals surface area contributed by atoms with Gasteiger partial charge in [0.25, 0.3) is 0 Å². The molecule has 3 N–H and O–H groups in total. The lowest BCUT2D eigenvalue weighted by molar-refractivity contribution is -0.0355. The highest BCUT2D eigenvalue weighted by atomic mass is 14.9. The summed E-state index contributed by atoms with van der Waals surface area (Å²) >= 11 is 0. The van der Waals surface area contributed by atoms with Gasteiger partial charge < -0.3 is 11.1 Å². The van der Waals surface area contributed by atoms with E-state index in [-0.39, 0.29) is 0 Å². The van der Waals surface area contributed by atoms with Crippen molar-refractivity contribution in [1.29, 1.82) is 0 Å². The maximum atomic E-state index is 5.73. The molecule has 0 radical (unpaired) electrons. The minimum atomic E-state index is 0.856. The molecular formula is C18H26N2. The van der Waals surface area contributed by atoms with Crippen LogP contribution in [0.3, 0.4) is 0 Å². The fourth-order valence-corrected chi connectivity index (χ4v) is 5.39. The van der Waals surface area contributed by atoms with Gasteiger partial charge in [-0.05, 0) is 85.9 Å². The molecule has 108 valence electrons. The minimum absolute atomic E-state index is 0.856. The molecule has 0 heterocycles. The van der Waals surface area contributed by atoms with E-state index in [2.05, 4.69) is 17.4 Å². The van der Waals surface area contributed by atoms with Crippen LogP contribution in [0.15, 0.2) is 24.3 Å². The second-order valence-corrected chi connectivity index (χ2v) is 7.47. The lowest BCUT2D eigenvalue weighted by atomic mass is 9.52. The van der Waals surface area contributed by atoms with E-state index in [1.165, 1.54) is 37.8 Å². The fourth-order valence-electron chi connectivity index (χ4n) is 5.39. The molecule has 4 aliphatic carbocycles. The van der Waals surface area contributed by atoms with E-state index in [0.29, 0.717) is 0 Å². The standard InChI is InChI=1S/C18H26N2/c19-17-3-1-12(2-4-17)10-20-11-18-15-6-13-5-14(8-15)9-16(18)7-13/h1-4,13-16,18,20H,5-11,19H2. The molecule has 5 rings (SSSR count). The van der Waals surface area contributed by atoms with Crippen LogP contribution in [-0.2, 0) is 6.54 Å². The first-order valence-corrected chi connectivity index (χ1v) is 8.33. The number of benzene rings is 1. The summed E-state index contributed by atoms with van der Waals surface area (Å²) < 4.78 is 0. The molecule has 0 aliphatic heterocycles. The fraction of sp³-hybridized carbons (Fsp3) is 0.667. The summed E-state index contributed by atoms with van der Waals surface area (Å²) in [5.74, 6) is 5.20. The molecule has 0 aromatic heterocycles. The van der Waals surface area contributed by atoms with Gasteiger partial charge in [-0.15, -0.1) is 0 Å². The van der Waals surface area contributed by atoms with Gasteiger partial charge in [0.1, 0.15) is 0 Å². The molecular weight excluding hydrogens is 244 g/mol. The Bertz CT molecular complexity index is 437. The third-order valence-corrected chi connectivity index (χ3v) is 6.11. The Labute approximate surface area is 122 Å². The van der Waals surface area contributed by atoms with Crippen LogP contribution in [0, 0.1) is 29.6 Å². The molecule has 0 saturated heterocycles. The SMILES string of the molecule is Nc1ccc(CNCC2C3CC4CC(C3)CC2C4)cc1. The van der Waals surface area contributed by atoms with Crippen LogP contribution in [0.5, 0.6) is 0 Å². The number of anilines is 1. The van der Waals surface area contributed by atoms with Crippen molar-refractivity contribution in [2.75, 3.05) is 12.3 Å². The van der Waals surface area contributed by atoms with E-state index in [1.807, 2.05) is 12.1 Å². The molecule has 4 fully saturated rings.